The Morgan fingerprint density at radius 2 is 0.727 bits per heavy atom. The van der Waals surface area contributed by atoms with Crippen molar-refractivity contribution in [2.45, 2.75) is 0 Å². The average molecular weight is 702 g/mol. The van der Waals surface area contributed by atoms with Crippen LogP contribution in [0.2, 0.25) is 0 Å². The maximum atomic E-state index is 6.75. The van der Waals surface area contributed by atoms with Gasteiger partial charge in [-0.2, -0.15) is 0 Å². The third kappa shape index (κ3) is 5.26. The Bertz CT molecular complexity index is 3170. The molecule has 0 bridgehead atoms. The van der Waals surface area contributed by atoms with Gasteiger partial charge in [0.25, 0.3) is 0 Å². The third-order valence-corrected chi connectivity index (χ3v) is 10.7. The van der Waals surface area contributed by atoms with Crippen molar-refractivity contribution in [3.8, 4) is 56.4 Å². The highest BCUT2D eigenvalue weighted by Gasteiger charge is 2.17. The maximum absolute atomic E-state index is 6.75. The molecule has 9 aromatic carbocycles. The molecule has 0 radical (unpaired) electrons. The van der Waals surface area contributed by atoms with Crippen LogP contribution in [0.1, 0.15) is 0 Å². The maximum Gasteiger partial charge on any atom is 0.164 e. The van der Waals surface area contributed by atoms with Gasteiger partial charge in [0.2, 0.25) is 0 Å². The summed E-state index contributed by atoms with van der Waals surface area (Å²) in [5.74, 6) is 1.85. The first-order valence-electron chi connectivity index (χ1n) is 18.5. The first-order valence-corrected chi connectivity index (χ1v) is 18.5. The van der Waals surface area contributed by atoms with Gasteiger partial charge in [-0.25, -0.2) is 15.0 Å². The fourth-order valence-corrected chi connectivity index (χ4v) is 8.06. The molecule has 0 aliphatic carbocycles. The quantitative estimate of drug-likeness (QED) is 0.168. The Morgan fingerprint density at radius 3 is 1.38 bits per heavy atom. The molecule has 55 heavy (non-hydrogen) atoms. The number of furan rings is 1. The van der Waals surface area contributed by atoms with Crippen LogP contribution >= 0.6 is 0 Å². The zero-order valence-corrected chi connectivity index (χ0v) is 29.6. The molecule has 0 aliphatic rings. The Hall–Kier alpha value is -7.43. The minimum absolute atomic E-state index is 0.596. The summed E-state index contributed by atoms with van der Waals surface area (Å²) in [6.45, 7) is 0. The lowest BCUT2D eigenvalue weighted by atomic mass is 9.91. The summed E-state index contributed by atoms with van der Waals surface area (Å²) < 4.78 is 6.75. The van der Waals surface area contributed by atoms with E-state index in [2.05, 4.69) is 127 Å². The first-order chi connectivity index (χ1) is 27.2. The Balaban J connectivity index is 1.02. The summed E-state index contributed by atoms with van der Waals surface area (Å²) in [5.41, 5.74) is 8.86. The summed E-state index contributed by atoms with van der Waals surface area (Å²) in [5, 5.41) is 9.76. The Labute approximate surface area is 317 Å². The predicted molar refractivity (Wildman–Crippen MR) is 227 cm³/mol. The SMILES string of the molecule is c1ccc(-c2nc(-c3ccccc3)nc(-c3ccc4c(c3)oc3c(-c5cccc(-c6ccc7c8ccccc8c8ccccc8c7c6)c5)cccc34)n2)cc1. The van der Waals surface area contributed by atoms with E-state index >= 15 is 0 Å². The molecule has 0 N–H and O–H groups in total. The van der Waals surface area contributed by atoms with E-state index < -0.39 is 0 Å². The van der Waals surface area contributed by atoms with E-state index in [0.717, 1.165) is 55.3 Å². The number of benzene rings is 9. The molecule has 0 spiro atoms. The van der Waals surface area contributed by atoms with Crippen molar-refractivity contribution < 1.29 is 4.42 Å². The van der Waals surface area contributed by atoms with E-state index in [4.69, 9.17) is 19.4 Å². The van der Waals surface area contributed by atoms with Gasteiger partial charge in [0, 0.05) is 33.0 Å². The van der Waals surface area contributed by atoms with Crippen molar-refractivity contribution in [1.82, 2.24) is 15.0 Å². The molecule has 0 atom stereocenters. The number of aromatic nitrogens is 3. The smallest absolute Gasteiger partial charge is 0.164 e. The topological polar surface area (TPSA) is 51.8 Å². The summed E-state index contributed by atoms with van der Waals surface area (Å²) in [6, 6.07) is 65.8. The highest BCUT2D eigenvalue weighted by Crippen LogP contribution is 2.40. The van der Waals surface area contributed by atoms with E-state index in [9.17, 15) is 0 Å². The van der Waals surface area contributed by atoms with Crippen LogP contribution in [0.15, 0.2) is 192 Å². The molecule has 4 heteroatoms. The second-order valence-corrected chi connectivity index (χ2v) is 14.0. The van der Waals surface area contributed by atoms with Crippen LogP contribution in [0.25, 0.3) is 111 Å². The van der Waals surface area contributed by atoms with Crippen molar-refractivity contribution in [3.05, 3.63) is 188 Å². The molecule has 0 unspecified atom stereocenters. The van der Waals surface area contributed by atoms with E-state index in [1.165, 1.54) is 37.9 Å². The summed E-state index contributed by atoms with van der Waals surface area (Å²) in [7, 11) is 0. The van der Waals surface area contributed by atoms with Gasteiger partial charge in [0.05, 0.1) is 0 Å². The van der Waals surface area contributed by atoms with Crippen LogP contribution < -0.4 is 0 Å². The second-order valence-electron chi connectivity index (χ2n) is 14.0. The molecule has 11 rings (SSSR count). The van der Waals surface area contributed by atoms with Crippen molar-refractivity contribution in [1.29, 1.82) is 0 Å². The first kappa shape index (κ1) is 31.1. The Kier molecular flexibility index (Phi) is 7.14. The van der Waals surface area contributed by atoms with Crippen molar-refractivity contribution >= 4 is 54.3 Å². The molecule has 256 valence electrons. The van der Waals surface area contributed by atoms with Gasteiger partial charge in [-0.15, -0.1) is 0 Å². The number of hydrogen-bond donors (Lipinski definition) is 0. The third-order valence-electron chi connectivity index (χ3n) is 10.7. The van der Waals surface area contributed by atoms with Crippen molar-refractivity contribution in [3.63, 3.8) is 0 Å². The molecule has 0 saturated carbocycles. The molecular formula is C51H31N3O. The lowest BCUT2D eigenvalue weighted by Crippen LogP contribution is -2.00. The Morgan fingerprint density at radius 1 is 0.273 bits per heavy atom. The van der Waals surface area contributed by atoms with Crippen LogP contribution in [-0.2, 0) is 0 Å². The van der Waals surface area contributed by atoms with Crippen LogP contribution in [0.5, 0.6) is 0 Å². The second kappa shape index (κ2) is 12.6. The molecule has 2 aromatic heterocycles. The molecule has 4 nitrogen and oxygen atoms in total. The average Bonchev–Trinajstić information content (AvgIpc) is 3.65. The van der Waals surface area contributed by atoms with E-state index in [1.54, 1.807) is 0 Å². The number of fused-ring (bicyclic) bond motifs is 9. The van der Waals surface area contributed by atoms with Crippen molar-refractivity contribution in [2.24, 2.45) is 0 Å². The molecule has 0 amide bonds. The highest BCUT2D eigenvalue weighted by molar-refractivity contribution is 6.25. The number of rotatable bonds is 5. The van der Waals surface area contributed by atoms with E-state index in [-0.39, 0.29) is 0 Å². The molecular weight excluding hydrogens is 671 g/mol. The molecule has 0 saturated heterocycles. The summed E-state index contributed by atoms with van der Waals surface area (Å²) >= 11 is 0. The van der Waals surface area contributed by atoms with Crippen LogP contribution in [0.3, 0.4) is 0 Å². The van der Waals surface area contributed by atoms with E-state index in [1.807, 2.05) is 60.7 Å². The van der Waals surface area contributed by atoms with Gasteiger partial charge in [0.1, 0.15) is 11.2 Å². The molecule has 11 aromatic rings. The minimum atomic E-state index is 0.596. The standard InChI is InChI=1S/C51H31N3O/c1-3-13-32(14-4-1)49-52-50(33-15-5-2-6-16-33)54-51(53-49)37-26-28-44-45-24-12-23-38(48(45)55-47(44)31-37)36-18-11-17-34(29-36)35-25-27-43-41-21-8-7-19-39(41)40-20-9-10-22-42(40)46(43)30-35/h1-31H. The monoisotopic (exact) mass is 701 g/mol. The van der Waals surface area contributed by atoms with Crippen LogP contribution in [-0.4, -0.2) is 15.0 Å². The van der Waals surface area contributed by atoms with Gasteiger partial charge in [-0.05, 0) is 73.3 Å². The zero-order chi connectivity index (χ0) is 36.3. The predicted octanol–water partition coefficient (Wildman–Crippen LogP) is 13.6. The fourth-order valence-electron chi connectivity index (χ4n) is 8.06. The normalized spacial score (nSPS) is 11.6. The lowest BCUT2D eigenvalue weighted by Gasteiger charge is -2.12. The van der Waals surface area contributed by atoms with Gasteiger partial charge in [-0.3, -0.25) is 0 Å². The van der Waals surface area contributed by atoms with E-state index in [0.29, 0.717) is 17.5 Å². The molecule has 0 aliphatic heterocycles. The van der Waals surface area contributed by atoms with Crippen molar-refractivity contribution in [2.75, 3.05) is 0 Å². The number of nitrogens with zero attached hydrogens (tertiary/aromatic N) is 3. The zero-order valence-electron chi connectivity index (χ0n) is 29.6. The van der Waals surface area contributed by atoms with Gasteiger partial charge < -0.3 is 4.42 Å². The molecule has 0 fully saturated rings. The summed E-state index contributed by atoms with van der Waals surface area (Å²) in [6.07, 6.45) is 0. The van der Waals surface area contributed by atoms with Crippen LogP contribution in [0.4, 0.5) is 0 Å². The fraction of sp³-hybridized carbons (Fsp3) is 0. The van der Waals surface area contributed by atoms with Gasteiger partial charge in [0.15, 0.2) is 17.5 Å². The largest absolute Gasteiger partial charge is 0.455 e. The summed E-state index contributed by atoms with van der Waals surface area (Å²) in [4.78, 5) is 14.8. The number of para-hydroxylation sites is 1. The van der Waals surface area contributed by atoms with Gasteiger partial charge >= 0.3 is 0 Å². The molecule has 2 heterocycles. The number of hydrogen-bond acceptors (Lipinski definition) is 4. The lowest BCUT2D eigenvalue weighted by molar-refractivity contribution is 0.670. The minimum Gasteiger partial charge on any atom is -0.455 e. The van der Waals surface area contributed by atoms with Gasteiger partial charge in [-0.1, -0.05) is 164 Å². The van der Waals surface area contributed by atoms with Crippen LogP contribution in [0, 0.1) is 0 Å². The highest BCUT2D eigenvalue weighted by atomic mass is 16.3.